The van der Waals surface area contributed by atoms with Crippen LogP contribution in [0.25, 0.3) is 11.1 Å². The molecule has 0 aromatic heterocycles. The molecular formula is C31H35ClN2O4. The third-order valence-electron chi connectivity index (χ3n) is 7.67. The minimum Gasteiger partial charge on any atom is -0.506 e. The van der Waals surface area contributed by atoms with E-state index in [4.69, 9.17) is 11.6 Å². The second-order valence-corrected chi connectivity index (χ2v) is 11.5. The van der Waals surface area contributed by atoms with Gasteiger partial charge in [0.25, 0.3) is 5.91 Å². The highest BCUT2D eigenvalue weighted by Crippen LogP contribution is 2.46. The lowest BCUT2D eigenvalue weighted by Crippen LogP contribution is -2.60. The number of nitrogens with one attached hydrogen (secondary N) is 1. The lowest BCUT2D eigenvalue weighted by Gasteiger charge is -2.51. The van der Waals surface area contributed by atoms with Gasteiger partial charge in [-0.1, -0.05) is 93.9 Å². The fourth-order valence-electron chi connectivity index (χ4n) is 5.28. The molecule has 1 aliphatic heterocycles. The van der Waals surface area contributed by atoms with Crippen LogP contribution in [0.15, 0.2) is 72.8 Å². The first-order valence-corrected chi connectivity index (χ1v) is 13.3. The Morgan fingerprint density at radius 1 is 0.974 bits per heavy atom. The highest BCUT2D eigenvalue weighted by atomic mass is 35.5. The SMILES string of the molecule is CC(C)[C@@H](NC(=O)c1cccc(-c2ccccc2)c1O)C(=O)N1CC[C@](O)(c2ccc(Cl)cc2)C(C)(C)C1. The van der Waals surface area contributed by atoms with Gasteiger partial charge in [-0.15, -0.1) is 0 Å². The van der Waals surface area contributed by atoms with Crippen LogP contribution in [0.3, 0.4) is 0 Å². The van der Waals surface area contributed by atoms with Crippen molar-refractivity contribution in [2.75, 3.05) is 13.1 Å². The summed E-state index contributed by atoms with van der Waals surface area (Å²) >= 11 is 6.05. The maximum atomic E-state index is 13.7. The van der Waals surface area contributed by atoms with Crippen molar-refractivity contribution in [1.82, 2.24) is 10.2 Å². The number of carbonyl (C=O) groups is 2. The Bertz CT molecular complexity index is 1310. The predicted octanol–water partition coefficient (Wildman–Crippen LogP) is 5.61. The molecule has 3 N–H and O–H groups in total. The number of likely N-dealkylation sites (tertiary alicyclic amines) is 1. The largest absolute Gasteiger partial charge is 0.506 e. The zero-order chi connectivity index (χ0) is 27.7. The van der Waals surface area contributed by atoms with E-state index >= 15 is 0 Å². The van der Waals surface area contributed by atoms with Crippen molar-refractivity contribution in [2.24, 2.45) is 11.3 Å². The van der Waals surface area contributed by atoms with E-state index in [0.717, 1.165) is 11.1 Å². The molecule has 0 aliphatic carbocycles. The van der Waals surface area contributed by atoms with E-state index in [2.05, 4.69) is 5.32 Å². The number of carbonyl (C=O) groups excluding carboxylic acids is 2. The number of piperidine rings is 1. The van der Waals surface area contributed by atoms with Gasteiger partial charge in [0.1, 0.15) is 11.8 Å². The number of phenolic OH excluding ortho intramolecular Hbond substituents is 1. The van der Waals surface area contributed by atoms with Crippen LogP contribution in [0.1, 0.15) is 50.0 Å². The van der Waals surface area contributed by atoms with E-state index < -0.39 is 23.0 Å². The molecule has 1 aliphatic rings. The van der Waals surface area contributed by atoms with E-state index in [-0.39, 0.29) is 23.1 Å². The van der Waals surface area contributed by atoms with E-state index in [1.165, 1.54) is 0 Å². The standard InChI is InChI=1S/C31H35ClN2O4/c1-20(2)26(33-28(36)25-12-8-11-24(27(25)35)21-9-6-5-7-10-21)29(37)34-18-17-31(38,30(3,4)19-34)22-13-15-23(32)16-14-22/h5-16,20,26,35,38H,17-19H2,1-4H3,(H,33,36)/t26-,31+/m1/s1. The van der Waals surface area contributed by atoms with Crippen molar-refractivity contribution in [3.63, 3.8) is 0 Å². The first kappa shape index (κ1) is 27.7. The lowest BCUT2D eigenvalue weighted by atomic mass is 9.66. The van der Waals surface area contributed by atoms with E-state index in [1.54, 1.807) is 35.2 Å². The molecule has 0 saturated carbocycles. The van der Waals surface area contributed by atoms with Gasteiger partial charge in [0, 0.05) is 29.1 Å². The van der Waals surface area contributed by atoms with Crippen LogP contribution in [0.4, 0.5) is 0 Å². The molecule has 3 aromatic rings. The maximum Gasteiger partial charge on any atom is 0.255 e. The third kappa shape index (κ3) is 5.29. The Kier molecular flexibility index (Phi) is 7.86. The van der Waals surface area contributed by atoms with Gasteiger partial charge in [-0.2, -0.15) is 0 Å². The van der Waals surface area contributed by atoms with E-state index in [1.807, 2.05) is 70.2 Å². The summed E-state index contributed by atoms with van der Waals surface area (Å²) in [5.41, 5.74) is 0.434. The summed E-state index contributed by atoms with van der Waals surface area (Å²) in [5, 5.41) is 26.0. The number of nitrogens with zero attached hydrogens (tertiary/aromatic N) is 1. The van der Waals surface area contributed by atoms with Crippen LogP contribution in [0.5, 0.6) is 5.75 Å². The lowest BCUT2D eigenvalue weighted by molar-refractivity contribution is -0.155. The first-order chi connectivity index (χ1) is 17.9. The molecule has 200 valence electrons. The third-order valence-corrected chi connectivity index (χ3v) is 7.92. The van der Waals surface area contributed by atoms with Crippen molar-refractivity contribution in [2.45, 2.75) is 45.8 Å². The number of aliphatic hydroxyl groups is 1. The molecule has 1 heterocycles. The summed E-state index contributed by atoms with van der Waals surface area (Å²) in [5.74, 6) is -1.04. The second-order valence-electron chi connectivity index (χ2n) is 11.0. The fraction of sp³-hybridized carbons (Fsp3) is 0.355. The molecule has 1 saturated heterocycles. The zero-order valence-electron chi connectivity index (χ0n) is 22.2. The van der Waals surface area contributed by atoms with Crippen molar-refractivity contribution < 1.29 is 19.8 Å². The molecule has 7 heteroatoms. The number of hydrogen-bond donors (Lipinski definition) is 3. The molecule has 1 fully saturated rings. The second kappa shape index (κ2) is 10.8. The number of para-hydroxylation sites is 1. The number of rotatable bonds is 6. The molecule has 0 unspecified atom stereocenters. The van der Waals surface area contributed by atoms with E-state index in [0.29, 0.717) is 30.1 Å². The highest BCUT2D eigenvalue weighted by Gasteiger charge is 2.50. The van der Waals surface area contributed by atoms with Crippen LogP contribution >= 0.6 is 11.6 Å². The Balaban J connectivity index is 1.53. The highest BCUT2D eigenvalue weighted by molar-refractivity contribution is 6.30. The van der Waals surface area contributed by atoms with Crippen LogP contribution in [-0.4, -0.2) is 46.1 Å². The first-order valence-electron chi connectivity index (χ1n) is 12.9. The minimum absolute atomic E-state index is 0.112. The van der Waals surface area contributed by atoms with Crippen LogP contribution < -0.4 is 5.32 Å². The topological polar surface area (TPSA) is 89.9 Å². The summed E-state index contributed by atoms with van der Waals surface area (Å²) in [6.45, 7) is 8.30. The van der Waals surface area contributed by atoms with Crippen LogP contribution in [0.2, 0.25) is 5.02 Å². The molecule has 0 bridgehead atoms. The average molecular weight is 535 g/mol. The molecule has 3 aromatic carbocycles. The van der Waals surface area contributed by atoms with Crippen molar-refractivity contribution in [3.05, 3.63) is 88.9 Å². The molecule has 4 rings (SSSR count). The summed E-state index contributed by atoms with van der Waals surface area (Å²) in [4.78, 5) is 28.7. The van der Waals surface area contributed by atoms with Gasteiger partial charge in [0.05, 0.1) is 11.2 Å². The summed E-state index contributed by atoms with van der Waals surface area (Å²) in [6.07, 6.45) is 0.353. The van der Waals surface area contributed by atoms with Crippen molar-refractivity contribution in [1.29, 1.82) is 0 Å². The number of halogens is 1. The van der Waals surface area contributed by atoms with Crippen LogP contribution in [-0.2, 0) is 10.4 Å². The Morgan fingerprint density at radius 3 is 2.24 bits per heavy atom. The van der Waals surface area contributed by atoms with Gasteiger partial charge in [-0.05, 0) is 41.7 Å². The molecule has 0 radical (unpaired) electrons. The molecular weight excluding hydrogens is 500 g/mol. The van der Waals surface area contributed by atoms with Gasteiger partial charge >= 0.3 is 0 Å². The van der Waals surface area contributed by atoms with Gasteiger partial charge in [0.15, 0.2) is 0 Å². The Morgan fingerprint density at radius 2 is 1.63 bits per heavy atom. The number of amides is 2. The van der Waals surface area contributed by atoms with Crippen molar-refractivity contribution in [3.8, 4) is 16.9 Å². The molecule has 38 heavy (non-hydrogen) atoms. The summed E-state index contributed by atoms with van der Waals surface area (Å²) in [7, 11) is 0. The van der Waals surface area contributed by atoms with Gasteiger partial charge in [-0.25, -0.2) is 0 Å². The molecule has 0 spiro atoms. The maximum absolute atomic E-state index is 13.7. The predicted molar refractivity (Wildman–Crippen MR) is 150 cm³/mol. The fourth-order valence-corrected chi connectivity index (χ4v) is 5.40. The van der Waals surface area contributed by atoms with Gasteiger partial charge in [0.2, 0.25) is 5.91 Å². The Labute approximate surface area is 229 Å². The van der Waals surface area contributed by atoms with Gasteiger partial charge < -0.3 is 20.4 Å². The molecule has 2 atom stereocenters. The minimum atomic E-state index is -1.13. The normalized spacial score (nSPS) is 19.7. The average Bonchev–Trinajstić information content (AvgIpc) is 2.89. The number of phenols is 1. The Hall–Kier alpha value is -3.35. The van der Waals surface area contributed by atoms with Crippen LogP contribution in [0, 0.1) is 11.3 Å². The summed E-state index contributed by atoms with van der Waals surface area (Å²) < 4.78 is 0. The monoisotopic (exact) mass is 534 g/mol. The quantitative estimate of drug-likeness (QED) is 0.383. The smallest absolute Gasteiger partial charge is 0.255 e. The number of aromatic hydroxyl groups is 1. The number of hydrogen-bond acceptors (Lipinski definition) is 4. The van der Waals surface area contributed by atoms with E-state index in [9.17, 15) is 19.8 Å². The molecule has 2 amide bonds. The number of benzene rings is 3. The summed E-state index contributed by atoms with van der Waals surface area (Å²) in [6, 6.07) is 20.7. The van der Waals surface area contributed by atoms with Gasteiger partial charge in [-0.3, -0.25) is 9.59 Å². The zero-order valence-corrected chi connectivity index (χ0v) is 23.0. The van der Waals surface area contributed by atoms with Crippen molar-refractivity contribution >= 4 is 23.4 Å². The molecule has 6 nitrogen and oxygen atoms in total.